The summed E-state index contributed by atoms with van der Waals surface area (Å²) in [5.41, 5.74) is 6.77. The van der Waals surface area contributed by atoms with E-state index in [1.807, 2.05) is 0 Å². The number of rotatable bonds is 5. The van der Waals surface area contributed by atoms with Crippen molar-refractivity contribution in [2.24, 2.45) is 5.73 Å². The molecule has 3 rings (SSSR count). The zero-order valence-electron chi connectivity index (χ0n) is 13.6. The molecule has 4 N–H and O–H groups in total. The Labute approximate surface area is 150 Å². The normalized spacial score (nSPS) is 11.4. The van der Waals surface area contributed by atoms with Crippen LogP contribution in [0.4, 0.5) is 13.2 Å². The van der Waals surface area contributed by atoms with Crippen LogP contribution in [0.25, 0.3) is 11.0 Å². The smallest absolute Gasteiger partial charge is 0.406 e. The van der Waals surface area contributed by atoms with E-state index < -0.39 is 18.2 Å². The molecule has 0 spiro atoms. The van der Waals surface area contributed by atoms with E-state index in [1.54, 1.807) is 18.2 Å². The van der Waals surface area contributed by atoms with Crippen molar-refractivity contribution in [3.8, 4) is 5.75 Å². The highest BCUT2D eigenvalue weighted by Gasteiger charge is 2.30. The second-order valence-corrected chi connectivity index (χ2v) is 5.52. The van der Waals surface area contributed by atoms with Gasteiger partial charge >= 0.3 is 6.36 Å². The fourth-order valence-corrected chi connectivity index (χ4v) is 2.42. The summed E-state index contributed by atoms with van der Waals surface area (Å²) < 4.78 is 40.2. The quantitative estimate of drug-likeness (QED) is 0.633. The Bertz CT molecular complexity index is 997. The summed E-state index contributed by atoms with van der Waals surface area (Å²) in [7, 11) is 0. The summed E-state index contributed by atoms with van der Waals surface area (Å²) >= 11 is 0. The molecule has 0 unspecified atom stereocenters. The predicted molar refractivity (Wildman–Crippen MR) is 88.9 cm³/mol. The van der Waals surface area contributed by atoms with Crippen LogP contribution in [-0.2, 0) is 6.54 Å². The van der Waals surface area contributed by atoms with Gasteiger partial charge in [0.25, 0.3) is 11.8 Å². The number of aromatic amines is 1. The summed E-state index contributed by atoms with van der Waals surface area (Å²) in [6.07, 6.45) is -4.76. The third-order valence-corrected chi connectivity index (χ3v) is 3.61. The van der Waals surface area contributed by atoms with E-state index in [0.29, 0.717) is 16.6 Å². The monoisotopic (exact) mass is 378 g/mol. The number of H-pyrrole nitrogens is 1. The van der Waals surface area contributed by atoms with Gasteiger partial charge < -0.3 is 20.8 Å². The van der Waals surface area contributed by atoms with Gasteiger partial charge in [0, 0.05) is 6.54 Å². The van der Waals surface area contributed by atoms with Crippen molar-refractivity contribution >= 4 is 22.8 Å². The Morgan fingerprint density at radius 3 is 2.48 bits per heavy atom. The first kappa shape index (κ1) is 18.2. The molecular weight excluding hydrogens is 365 g/mol. The van der Waals surface area contributed by atoms with Gasteiger partial charge in [-0.1, -0.05) is 18.2 Å². The molecule has 140 valence electrons. The Morgan fingerprint density at radius 1 is 1.15 bits per heavy atom. The van der Waals surface area contributed by atoms with Crippen LogP contribution in [-0.4, -0.2) is 28.1 Å². The van der Waals surface area contributed by atoms with Crippen LogP contribution in [0.15, 0.2) is 42.5 Å². The second kappa shape index (κ2) is 6.98. The third kappa shape index (κ3) is 4.35. The van der Waals surface area contributed by atoms with Gasteiger partial charge in [0.05, 0.1) is 16.6 Å². The van der Waals surface area contributed by atoms with E-state index in [2.05, 4.69) is 20.0 Å². The van der Waals surface area contributed by atoms with Crippen LogP contribution in [0.3, 0.4) is 0 Å². The van der Waals surface area contributed by atoms with Crippen LogP contribution in [0, 0.1) is 0 Å². The number of primary amides is 1. The molecule has 0 atom stereocenters. The molecular formula is C17H13F3N4O3. The maximum atomic E-state index is 12.4. The Morgan fingerprint density at radius 2 is 1.85 bits per heavy atom. The standard InChI is InChI=1S/C17H13F3N4O3/c18-17(19,20)27-10-6-4-9(5-7-10)8-22-16(26)11-2-1-3-12-13(11)24-15(23-12)14(21)25/h1-7H,8H2,(H2,21,25)(H,22,26)(H,23,24). The fourth-order valence-electron chi connectivity index (χ4n) is 2.42. The first-order valence-electron chi connectivity index (χ1n) is 7.64. The maximum absolute atomic E-state index is 12.4. The van der Waals surface area contributed by atoms with Crippen molar-refractivity contribution in [2.75, 3.05) is 0 Å². The third-order valence-electron chi connectivity index (χ3n) is 3.61. The van der Waals surface area contributed by atoms with E-state index >= 15 is 0 Å². The fraction of sp³-hybridized carbons (Fsp3) is 0.118. The highest BCUT2D eigenvalue weighted by Crippen LogP contribution is 2.23. The first-order valence-corrected chi connectivity index (χ1v) is 7.64. The van der Waals surface area contributed by atoms with Gasteiger partial charge in [-0.3, -0.25) is 9.59 Å². The second-order valence-electron chi connectivity index (χ2n) is 5.52. The Kier molecular flexibility index (Phi) is 4.72. The molecule has 0 aliphatic heterocycles. The molecule has 2 amide bonds. The largest absolute Gasteiger partial charge is 0.573 e. The van der Waals surface area contributed by atoms with Gasteiger partial charge in [0.15, 0.2) is 5.82 Å². The molecule has 0 saturated heterocycles. The van der Waals surface area contributed by atoms with Crippen molar-refractivity contribution in [3.05, 3.63) is 59.4 Å². The van der Waals surface area contributed by atoms with E-state index in [4.69, 9.17) is 5.73 Å². The first-order chi connectivity index (χ1) is 12.7. The summed E-state index contributed by atoms with van der Waals surface area (Å²) in [6, 6.07) is 9.89. The molecule has 3 aromatic rings. The number of nitrogens with two attached hydrogens (primary N) is 1. The van der Waals surface area contributed by atoms with Crippen molar-refractivity contribution in [1.29, 1.82) is 0 Å². The van der Waals surface area contributed by atoms with Gasteiger partial charge in [-0.15, -0.1) is 13.2 Å². The average molecular weight is 378 g/mol. The summed E-state index contributed by atoms with van der Waals surface area (Å²) in [5.74, 6) is -1.61. The average Bonchev–Trinajstić information content (AvgIpc) is 3.04. The molecule has 1 heterocycles. The van der Waals surface area contributed by atoms with Gasteiger partial charge in [-0.2, -0.15) is 0 Å². The number of nitrogens with zero attached hydrogens (tertiary/aromatic N) is 1. The highest BCUT2D eigenvalue weighted by molar-refractivity contribution is 6.06. The molecule has 0 aliphatic carbocycles. The van der Waals surface area contributed by atoms with Crippen LogP contribution in [0.1, 0.15) is 26.5 Å². The number of halogens is 3. The van der Waals surface area contributed by atoms with Gasteiger partial charge in [-0.05, 0) is 29.8 Å². The number of imidazole rings is 1. The topological polar surface area (TPSA) is 110 Å². The molecule has 10 heteroatoms. The number of para-hydroxylation sites is 1. The van der Waals surface area contributed by atoms with E-state index in [9.17, 15) is 22.8 Å². The molecule has 1 aromatic heterocycles. The van der Waals surface area contributed by atoms with Crippen molar-refractivity contribution < 1.29 is 27.5 Å². The molecule has 2 aromatic carbocycles. The minimum Gasteiger partial charge on any atom is -0.406 e. The lowest BCUT2D eigenvalue weighted by atomic mass is 10.1. The zero-order valence-corrected chi connectivity index (χ0v) is 13.6. The van der Waals surface area contributed by atoms with Crippen LogP contribution in [0.5, 0.6) is 5.75 Å². The number of ether oxygens (including phenoxy) is 1. The van der Waals surface area contributed by atoms with Gasteiger partial charge in [-0.25, -0.2) is 4.98 Å². The van der Waals surface area contributed by atoms with Crippen LogP contribution in [0.2, 0.25) is 0 Å². The number of alkyl halides is 3. The lowest BCUT2D eigenvalue weighted by Crippen LogP contribution is -2.23. The van der Waals surface area contributed by atoms with E-state index in [0.717, 1.165) is 12.1 Å². The zero-order chi connectivity index (χ0) is 19.6. The number of benzene rings is 2. The Hall–Kier alpha value is -3.56. The summed E-state index contributed by atoms with van der Waals surface area (Å²) in [5, 5.41) is 2.65. The van der Waals surface area contributed by atoms with Crippen molar-refractivity contribution in [2.45, 2.75) is 12.9 Å². The minimum atomic E-state index is -4.76. The number of hydrogen-bond acceptors (Lipinski definition) is 4. The van der Waals surface area contributed by atoms with Gasteiger partial charge in [0.2, 0.25) is 0 Å². The lowest BCUT2D eigenvalue weighted by Gasteiger charge is -2.10. The number of fused-ring (bicyclic) bond motifs is 1. The van der Waals surface area contributed by atoms with Gasteiger partial charge in [0.1, 0.15) is 5.75 Å². The number of amides is 2. The highest BCUT2D eigenvalue weighted by atomic mass is 19.4. The Balaban J connectivity index is 1.71. The number of nitrogens with one attached hydrogen (secondary N) is 2. The molecule has 0 radical (unpaired) electrons. The molecule has 0 bridgehead atoms. The predicted octanol–water partition coefficient (Wildman–Crippen LogP) is 2.49. The van der Waals surface area contributed by atoms with Crippen molar-refractivity contribution in [1.82, 2.24) is 15.3 Å². The van der Waals surface area contributed by atoms with E-state index in [1.165, 1.54) is 12.1 Å². The molecule has 0 aliphatic rings. The number of aromatic nitrogens is 2. The number of carbonyl (C=O) groups excluding carboxylic acids is 2. The summed E-state index contributed by atoms with van der Waals surface area (Å²) in [4.78, 5) is 30.3. The van der Waals surface area contributed by atoms with Crippen LogP contribution < -0.4 is 15.8 Å². The SMILES string of the molecule is NC(=O)c1nc2cccc(C(=O)NCc3ccc(OC(F)(F)F)cc3)c2[nH]1. The van der Waals surface area contributed by atoms with E-state index in [-0.39, 0.29) is 23.7 Å². The number of hydrogen-bond donors (Lipinski definition) is 3. The lowest BCUT2D eigenvalue weighted by molar-refractivity contribution is -0.274. The summed E-state index contributed by atoms with van der Waals surface area (Å²) in [6.45, 7) is 0.0817. The molecule has 0 saturated carbocycles. The van der Waals surface area contributed by atoms with Crippen LogP contribution >= 0.6 is 0 Å². The number of carbonyl (C=O) groups is 2. The molecule has 27 heavy (non-hydrogen) atoms. The minimum absolute atomic E-state index is 0.0643. The maximum Gasteiger partial charge on any atom is 0.573 e. The molecule has 7 nitrogen and oxygen atoms in total. The molecule has 0 fully saturated rings. The van der Waals surface area contributed by atoms with Crippen molar-refractivity contribution in [3.63, 3.8) is 0 Å².